The largest absolute Gasteiger partial charge is 0.392 e. The molecule has 6 aliphatic rings. The summed E-state index contributed by atoms with van der Waals surface area (Å²) in [5.74, 6) is 0.330. The van der Waals surface area contributed by atoms with Gasteiger partial charge in [-0.25, -0.2) is 0 Å². The van der Waals surface area contributed by atoms with Gasteiger partial charge in [-0.1, -0.05) is 64.5 Å². The standard InChI is InChI=1S/C48H64N2O5/c1-12-14-16-27(43(54)49-13-2)17-15-21-46(9)33-19-18-28-23-31-30-24-29-32-25-44(5,6)55-45(7,8)37(32)40(52)35(29)36-39(30)50(38(26(3)4)41(36)53)42(31)48(28,11)47(33,10)22-20-34(46)51/h15,17,21,24-25,28,33-34,37-38,40,51-52H,3,12-14,16,18-20,22-23H2,1-2,4-11H3,(H,49,54)/b21-15+,27-17+/t28-,33-,34-,37+,38-,40+,46-,47-,48+/m0/s1. The van der Waals surface area contributed by atoms with Crippen LogP contribution in [0.1, 0.15) is 159 Å². The first-order valence-electron chi connectivity index (χ1n) is 21.2. The Morgan fingerprint density at radius 3 is 2.49 bits per heavy atom. The molecule has 0 spiro atoms. The van der Waals surface area contributed by atoms with Crippen molar-refractivity contribution in [1.82, 2.24) is 9.88 Å². The van der Waals surface area contributed by atoms with Gasteiger partial charge in [-0.3, -0.25) is 9.59 Å². The normalized spacial score (nSPS) is 36.7. The van der Waals surface area contributed by atoms with Crippen LogP contribution in [0.15, 0.2) is 48.1 Å². The summed E-state index contributed by atoms with van der Waals surface area (Å²) in [7, 11) is 0. The Bertz CT molecular complexity index is 2110. The van der Waals surface area contributed by atoms with Crippen molar-refractivity contribution in [2.75, 3.05) is 6.54 Å². The number of ether oxygens (including phenoxy) is 1. The molecule has 0 saturated heterocycles. The summed E-state index contributed by atoms with van der Waals surface area (Å²) in [6.07, 6.45) is 14.3. The number of hydrogen-bond acceptors (Lipinski definition) is 5. The van der Waals surface area contributed by atoms with Gasteiger partial charge in [-0.05, 0) is 133 Å². The highest BCUT2D eigenvalue weighted by Crippen LogP contribution is 2.71. The summed E-state index contributed by atoms with van der Waals surface area (Å²) in [4.78, 5) is 27.9. The molecule has 4 aliphatic carbocycles. The lowest BCUT2D eigenvalue weighted by atomic mass is 9.40. The number of rotatable bonds is 8. The number of carbonyl (C=O) groups excluding carboxylic acids is 2. The SMILES string of the molecule is C=C(C)[C@H]1C(=O)c2c3c(cc4c5c(n1c24)[C@@]1(C)[C@@H](CC[C@H]2[C@](C)(/C=C/C=C(\CCCC)C(=O)NCC)[C@@H](O)CC[C@@]21C)C5)C1=CC(C)(C)OC(C)(C)[C@H]1[C@@H]3O. The third-order valence-electron chi connectivity index (χ3n) is 15.8. The number of aromatic nitrogens is 1. The van der Waals surface area contributed by atoms with E-state index in [0.717, 1.165) is 83.7 Å². The Labute approximate surface area is 328 Å². The van der Waals surface area contributed by atoms with Crippen LogP contribution < -0.4 is 5.32 Å². The second-order valence-corrected chi connectivity index (χ2v) is 19.8. The minimum Gasteiger partial charge on any atom is -0.392 e. The molecular formula is C48H64N2O5. The fourth-order valence-corrected chi connectivity index (χ4v) is 13.4. The monoisotopic (exact) mass is 748 g/mol. The van der Waals surface area contributed by atoms with E-state index in [-0.39, 0.29) is 34.4 Å². The van der Waals surface area contributed by atoms with Gasteiger partial charge in [0.05, 0.1) is 34.5 Å². The molecule has 2 aromatic rings. The van der Waals surface area contributed by atoms with Crippen LogP contribution in [0.5, 0.6) is 0 Å². The maximum Gasteiger partial charge on any atom is 0.247 e. The quantitative estimate of drug-likeness (QED) is 0.142. The Morgan fingerprint density at radius 2 is 1.82 bits per heavy atom. The third kappa shape index (κ3) is 5.10. The molecule has 2 aliphatic heterocycles. The Balaban J connectivity index is 1.29. The van der Waals surface area contributed by atoms with Gasteiger partial charge in [0.1, 0.15) is 6.04 Å². The van der Waals surface area contributed by atoms with Gasteiger partial charge in [-0.15, -0.1) is 0 Å². The van der Waals surface area contributed by atoms with E-state index >= 15 is 0 Å². The summed E-state index contributed by atoms with van der Waals surface area (Å²) in [6.45, 7) is 26.5. The number of amides is 1. The Kier molecular flexibility index (Phi) is 8.86. The van der Waals surface area contributed by atoms with E-state index in [1.807, 2.05) is 26.0 Å². The van der Waals surface area contributed by atoms with E-state index < -0.39 is 34.9 Å². The van der Waals surface area contributed by atoms with E-state index in [1.54, 1.807) is 0 Å². The molecular weight excluding hydrogens is 685 g/mol. The fraction of sp³-hybridized carbons (Fsp3) is 0.625. The topological polar surface area (TPSA) is 101 Å². The van der Waals surface area contributed by atoms with Crippen molar-refractivity contribution in [2.45, 2.75) is 155 Å². The average Bonchev–Trinajstić information content (AvgIpc) is 3.77. The number of hydrogen-bond donors (Lipinski definition) is 3. The number of ketones is 1. The minimum absolute atomic E-state index is 0.0137. The fourth-order valence-electron chi connectivity index (χ4n) is 13.4. The zero-order valence-electron chi connectivity index (χ0n) is 35.0. The summed E-state index contributed by atoms with van der Waals surface area (Å²) in [5.41, 5.74) is 6.63. The zero-order chi connectivity index (χ0) is 39.8. The van der Waals surface area contributed by atoms with E-state index in [2.05, 4.69) is 90.1 Å². The summed E-state index contributed by atoms with van der Waals surface area (Å²) in [6, 6.07) is 1.79. The Hall–Kier alpha value is -3.26. The van der Waals surface area contributed by atoms with Crippen LogP contribution in [0, 0.1) is 28.6 Å². The number of nitrogens with zero attached hydrogens (tertiary/aromatic N) is 1. The van der Waals surface area contributed by atoms with Crippen LogP contribution in [0.4, 0.5) is 0 Å². The Morgan fingerprint density at radius 1 is 1.09 bits per heavy atom. The van der Waals surface area contributed by atoms with Crippen molar-refractivity contribution in [2.24, 2.45) is 28.6 Å². The molecule has 2 fully saturated rings. The molecule has 3 heterocycles. The molecule has 55 heavy (non-hydrogen) atoms. The van der Waals surface area contributed by atoms with Gasteiger partial charge in [0, 0.05) is 45.5 Å². The van der Waals surface area contributed by atoms with Gasteiger partial charge >= 0.3 is 0 Å². The van der Waals surface area contributed by atoms with Crippen LogP contribution in [0.25, 0.3) is 16.5 Å². The summed E-state index contributed by atoms with van der Waals surface area (Å²) >= 11 is 0. The van der Waals surface area contributed by atoms with Crippen molar-refractivity contribution in [3.63, 3.8) is 0 Å². The molecule has 2 saturated carbocycles. The first-order valence-corrected chi connectivity index (χ1v) is 21.2. The zero-order valence-corrected chi connectivity index (χ0v) is 35.0. The van der Waals surface area contributed by atoms with Crippen molar-refractivity contribution in [3.8, 4) is 0 Å². The highest BCUT2D eigenvalue weighted by atomic mass is 16.5. The smallest absolute Gasteiger partial charge is 0.247 e. The molecule has 1 aromatic heterocycles. The number of aliphatic hydroxyl groups excluding tert-OH is 2. The lowest BCUT2D eigenvalue weighted by Crippen LogP contribution is -2.62. The van der Waals surface area contributed by atoms with Crippen LogP contribution in [0.2, 0.25) is 0 Å². The molecule has 1 aromatic carbocycles. The lowest BCUT2D eigenvalue weighted by molar-refractivity contribution is -0.144. The van der Waals surface area contributed by atoms with Gasteiger partial charge in [0.2, 0.25) is 5.91 Å². The number of nitrogens with one attached hydrogen (secondary N) is 1. The predicted molar refractivity (Wildman–Crippen MR) is 220 cm³/mol. The van der Waals surface area contributed by atoms with E-state index in [0.29, 0.717) is 24.4 Å². The number of likely N-dealkylation sites (N-methyl/N-ethyl adjacent to an activating group) is 1. The molecule has 0 unspecified atom stereocenters. The molecule has 7 heteroatoms. The second kappa shape index (κ2) is 12.6. The number of aliphatic hydroxyl groups is 2. The molecule has 3 N–H and O–H groups in total. The van der Waals surface area contributed by atoms with Gasteiger partial charge in [0.25, 0.3) is 0 Å². The van der Waals surface area contributed by atoms with E-state index in [4.69, 9.17) is 4.74 Å². The van der Waals surface area contributed by atoms with Crippen LogP contribution in [-0.4, -0.2) is 50.3 Å². The maximum atomic E-state index is 15.0. The molecule has 7 nitrogen and oxygen atoms in total. The molecule has 8 rings (SSSR count). The minimum atomic E-state index is -0.852. The summed E-state index contributed by atoms with van der Waals surface area (Å²) in [5, 5.41) is 28.3. The number of allylic oxidation sites excluding steroid dienone is 3. The molecule has 9 atom stereocenters. The molecule has 0 radical (unpaired) electrons. The highest BCUT2D eigenvalue weighted by molar-refractivity contribution is 6.18. The van der Waals surface area contributed by atoms with Crippen LogP contribution >= 0.6 is 0 Å². The molecule has 0 bridgehead atoms. The number of unbranched alkanes of at least 4 members (excludes halogenated alkanes) is 1. The predicted octanol–water partition coefficient (Wildman–Crippen LogP) is 9.41. The summed E-state index contributed by atoms with van der Waals surface area (Å²) < 4.78 is 8.93. The average molecular weight is 749 g/mol. The van der Waals surface area contributed by atoms with Gasteiger partial charge < -0.3 is 24.8 Å². The van der Waals surface area contributed by atoms with E-state index in [1.165, 1.54) is 11.3 Å². The second-order valence-electron chi connectivity index (χ2n) is 19.8. The molecule has 1 amide bonds. The first kappa shape index (κ1) is 38.6. The lowest BCUT2D eigenvalue weighted by Gasteiger charge is -2.64. The number of carbonyl (C=O) groups is 2. The van der Waals surface area contributed by atoms with Crippen molar-refractivity contribution >= 4 is 28.2 Å². The van der Waals surface area contributed by atoms with Crippen molar-refractivity contribution < 1.29 is 24.5 Å². The van der Waals surface area contributed by atoms with Crippen LogP contribution in [0.3, 0.4) is 0 Å². The van der Waals surface area contributed by atoms with Gasteiger partial charge in [-0.2, -0.15) is 0 Å². The number of Topliss-reactive ketones (excluding diaryl/α,β-unsaturated/α-hetero) is 1. The van der Waals surface area contributed by atoms with Crippen LogP contribution in [-0.2, 0) is 21.4 Å². The van der Waals surface area contributed by atoms with Crippen molar-refractivity contribution in [1.29, 1.82) is 0 Å². The first-order chi connectivity index (χ1) is 25.8. The number of fused-ring (bicyclic) bond motifs is 11. The van der Waals surface area contributed by atoms with Crippen molar-refractivity contribution in [3.05, 3.63) is 76.0 Å². The number of benzene rings is 1. The third-order valence-corrected chi connectivity index (χ3v) is 15.8. The van der Waals surface area contributed by atoms with E-state index in [9.17, 15) is 19.8 Å². The maximum absolute atomic E-state index is 15.0. The van der Waals surface area contributed by atoms with Gasteiger partial charge in [0.15, 0.2) is 5.78 Å². The molecule has 296 valence electrons. The highest BCUT2D eigenvalue weighted by Gasteiger charge is 2.67.